The summed E-state index contributed by atoms with van der Waals surface area (Å²) >= 11 is 0. The second-order valence-electron chi connectivity index (χ2n) is 3.53. The van der Waals surface area contributed by atoms with Crippen molar-refractivity contribution in [1.29, 1.82) is 0 Å². The van der Waals surface area contributed by atoms with Crippen LogP contribution in [0.2, 0.25) is 0 Å². The molecule has 17 heavy (non-hydrogen) atoms. The normalized spacial score (nSPS) is 12.6. The molecule has 0 bridgehead atoms. The number of H-pyrrole nitrogens is 1. The van der Waals surface area contributed by atoms with Gasteiger partial charge >= 0.3 is 0 Å². The summed E-state index contributed by atoms with van der Waals surface area (Å²) in [5, 5.41) is 6.32. The molecular formula is C10H11F2N5. The van der Waals surface area contributed by atoms with E-state index in [-0.39, 0.29) is 6.42 Å². The van der Waals surface area contributed by atoms with Crippen LogP contribution in [0.15, 0.2) is 24.5 Å². The fraction of sp³-hybridized carbons (Fsp3) is 0.200. The lowest BCUT2D eigenvalue weighted by Gasteiger charge is -2.13. The molecular weight excluding hydrogens is 228 g/mol. The van der Waals surface area contributed by atoms with Crippen LogP contribution < -0.4 is 11.3 Å². The minimum absolute atomic E-state index is 0.248. The Hall–Kier alpha value is -1.86. The Bertz CT molecular complexity index is 485. The number of nitrogens with zero attached hydrogens (tertiary/aromatic N) is 2. The summed E-state index contributed by atoms with van der Waals surface area (Å²) in [5.41, 5.74) is 2.85. The van der Waals surface area contributed by atoms with Crippen LogP contribution in [0.25, 0.3) is 0 Å². The number of aromatic amines is 1. The van der Waals surface area contributed by atoms with Gasteiger partial charge in [0.1, 0.15) is 23.8 Å². The highest BCUT2D eigenvalue weighted by atomic mass is 19.1. The van der Waals surface area contributed by atoms with Gasteiger partial charge in [-0.3, -0.25) is 10.9 Å². The van der Waals surface area contributed by atoms with Gasteiger partial charge in [0.15, 0.2) is 0 Å². The molecule has 2 aromatic rings. The Kier molecular flexibility index (Phi) is 3.40. The first kappa shape index (κ1) is 11.6. The van der Waals surface area contributed by atoms with Crippen molar-refractivity contribution >= 4 is 0 Å². The van der Waals surface area contributed by atoms with E-state index < -0.39 is 17.7 Å². The molecule has 1 unspecified atom stereocenters. The number of hydrazine groups is 1. The molecule has 0 amide bonds. The second-order valence-corrected chi connectivity index (χ2v) is 3.53. The van der Waals surface area contributed by atoms with Gasteiger partial charge in [0.2, 0.25) is 0 Å². The van der Waals surface area contributed by atoms with Gasteiger partial charge in [-0.2, -0.15) is 5.10 Å². The molecule has 7 heteroatoms. The first-order chi connectivity index (χ1) is 8.20. The Morgan fingerprint density at radius 3 is 2.82 bits per heavy atom. The third kappa shape index (κ3) is 2.63. The number of hydrogen-bond acceptors (Lipinski definition) is 4. The van der Waals surface area contributed by atoms with Crippen LogP contribution >= 0.6 is 0 Å². The summed E-state index contributed by atoms with van der Waals surface area (Å²) < 4.78 is 26.2. The lowest BCUT2D eigenvalue weighted by molar-refractivity contribution is 0.503. The zero-order chi connectivity index (χ0) is 12.3. The molecule has 2 rings (SSSR count). The molecule has 1 aromatic heterocycles. The van der Waals surface area contributed by atoms with Gasteiger partial charge < -0.3 is 0 Å². The van der Waals surface area contributed by atoms with E-state index in [0.29, 0.717) is 11.4 Å². The Labute approximate surface area is 96.0 Å². The van der Waals surface area contributed by atoms with E-state index in [1.54, 1.807) is 0 Å². The lowest BCUT2D eigenvalue weighted by Crippen LogP contribution is -2.30. The summed E-state index contributed by atoms with van der Waals surface area (Å²) in [7, 11) is 0. The fourth-order valence-corrected chi connectivity index (χ4v) is 1.52. The molecule has 1 aromatic carbocycles. The number of aromatic nitrogens is 3. The molecule has 90 valence electrons. The molecule has 0 saturated heterocycles. The van der Waals surface area contributed by atoms with Crippen molar-refractivity contribution in [3.63, 3.8) is 0 Å². The number of benzene rings is 1. The van der Waals surface area contributed by atoms with Crippen LogP contribution in [0, 0.1) is 11.6 Å². The van der Waals surface area contributed by atoms with Crippen molar-refractivity contribution < 1.29 is 8.78 Å². The van der Waals surface area contributed by atoms with Gasteiger partial charge in [0, 0.05) is 6.07 Å². The highest BCUT2D eigenvalue weighted by molar-refractivity contribution is 5.20. The van der Waals surface area contributed by atoms with Crippen LogP contribution in [-0.2, 0) is 6.42 Å². The Balaban J connectivity index is 2.19. The fourth-order valence-electron chi connectivity index (χ4n) is 1.52. The highest BCUT2D eigenvalue weighted by Crippen LogP contribution is 2.17. The maximum absolute atomic E-state index is 13.4. The molecule has 0 radical (unpaired) electrons. The summed E-state index contributed by atoms with van der Waals surface area (Å²) in [5.74, 6) is 4.64. The summed E-state index contributed by atoms with van der Waals surface area (Å²) in [6.45, 7) is 0. The molecule has 1 heterocycles. The van der Waals surface area contributed by atoms with Gasteiger partial charge in [-0.15, -0.1) is 0 Å². The van der Waals surface area contributed by atoms with Crippen molar-refractivity contribution in [1.82, 2.24) is 20.6 Å². The molecule has 0 aliphatic rings. The van der Waals surface area contributed by atoms with Crippen molar-refractivity contribution in [2.75, 3.05) is 0 Å². The zero-order valence-electron chi connectivity index (χ0n) is 8.82. The zero-order valence-corrected chi connectivity index (χ0v) is 8.82. The van der Waals surface area contributed by atoms with Crippen LogP contribution in [0.1, 0.15) is 17.4 Å². The summed E-state index contributed by atoms with van der Waals surface area (Å²) in [4.78, 5) is 3.93. The predicted octanol–water partition coefficient (Wildman–Crippen LogP) is 0.830. The number of rotatable bonds is 4. The van der Waals surface area contributed by atoms with Crippen LogP contribution in [-0.4, -0.2) is 15.2 Å². The van der Waals surface area contributed by atoms with Crippen molar-refractivity contribution in [2.45, 2.75) is 12.5 Å². The van der Waals surface area contributed by atoms with E-state index in [1.165, 1.54) is 18.5 Å². The molecule has 0 aliphatic heterocycles. The molecule has 0 fully saturated rings. The number of nitrogens with one attached hydrogen (secondary N) is 2. The topological polar surface area (TPSA) is 79.6 Å². The maximum atomic E-state index is 13.4. The van der Waals surface area contributed by atoms with Gasteiger partial charge in [0.05, 0.1) is 6.04 Å². The summed E-state index contributed by atoms with van der Waals surface area (Å²) in [6.07, 6.45) is 1.58. The van der Waals surface area contributed by atoms with Crippen molar-refractivity contribution in [3.8, 4) is 0 Å². The first-order valence-electron chi connectivity index (χ1n) is 4.96. The quantitative estimate of drug-likeness (QED) is 0.545. The molecule has 0 saturated carbocycles. The van der Waals surface area contributed by atoms with E-state index in [0.717, 1.165) is 6.07 Å². The monoisotopic (exact) mass is 239 g/mol. The average molecular weight is 239 g/mol. The number of nitrogens with two attached hydrogens (primary N) is 1. The molecule has 1 atom stereocenters. The second kappa shape index (κ2) is 4.98. The van der Waals surface area contributed by atoms with Gasteiger partial charge in [-0.25, -0.2) is 19.2 Å². The van der Waals surface area contributed by atoms with Gasteiger partial charge in [-0.05, 0) is 18.1 Å². The van der Waals surface area contributed by atoms with E-state index in [1.807, 2.05) is 0 Å². The number of halogens is 2. The molecule has 5 nitrogen and oxygen atoms in total. The molecule has 0 aliphatic carbocycles. The third-order valence-electron chi connectivity index (χ3n) is 2.40. The highest BCUT2D eigenvalue weighted by Gasteiger charge is 2.15. The van der Waals surface area contributed by atoms with E-state index in [9.17, 15) is 8.78 Å². The Morgan fingerprint density at radius 2 is 2.24 bits per heavy atom. The van der Waals surface area contributed by atoms with Crippen molar-refractivity contribution in [3.05, 3.63) is 47.5 Å². The van der Waals surface area contributed by atoms with Gasteiger partial charge in [-0.1, -0.05) is 6.07 Å². The first-order valence-corrected chi connectivity index (χ1v) is 4.96. The minimum atomic E-state index is -0.608. The van der Waals surface area contributed by atoms with E-state index in [4.69, 9.17) is 5.84 Å². The van der Waals surface area contributed by atoms with E-state index >= 15 is 0 Å². The molecule has 0 spiro atoms. The average Bonchev–Trinajstić information content (AvgIpc) is 2.81. The summed E-state index contributed by atoms with van der Waals surface area (Å²) in [6, 6.07) is 3.01. The third-order valence-corrected chi connectivity index (χ3v) is 2.40. The van der Waals surface area contributed by atoms with Crippen molar-refractivity contribution in [2.24, 2.45) is 5.84 Å². The standard InChI is InChI=1S/C10H11F2N5/c11-7-2-1-6(8(12)4-7)3-9(16-13)10-14-5-15-17-10/h1-2,4-5,9,16H,3,13H2,(H,14,15,17). The smallest absolute Gasteiger partial charge is 0.143 e. The largest absolute Gasteiger partial charge is 0.271 e. The molecule has 4 N–H and O–H groups in total. The van der Waals surface area contributed by atoms with Crippen LogP contribution in [0.5, 0.6) is 0 Å². The maximum Gasteiger partial charge on any atom is 0.143 e. The lowest BCUT2D eigenvalue weighted by atomic mass is 10.1. The van der Waals surface area contributed by atoms with Crippen LogP contribution in [0.3, 0.4) is 0 Å². The SMILES string of the molecule is NNC(Cc1ccc(F)cc1F)c1ncn[nH]1. The Morgan fingerprint density at radius 1 is 1.41 bits per heavy atom. The van der Waals surface area contributed by atoms with E-state index in [2.05, 4.69) is 20.6 Å². The number of hydrogen-bond donors (Lipinski definition) is 3. The van der Waals surface area contributed by atoms with Gasteiger partial charge in [0.25, 0.3) is 0 Å². The predicted molar refractivity (Wildman–Crippen MR) is 56.5 cm³/mol. The van der Waals surface area contributed by atoms with Crippen LogP contribution in [0.4, 0.5) is 8.78 Å². The minimum Gasteiger partial charge on any atom is -0.271 e.